The van der Waals surface area contributed by atoms with Crippen LogP contribution in [0.2, 0.25) is 0 Å². The van der Waals surface area contributed by atoms with Crippen molar-refractivity contribution in [3.8, 4) is 5.75 Å². The lowest BCUT2D eigenvalue weighted by Crippen LogP contribution is -2.23. The first-order valence-corrected chi connectivity index (χ1v) is 9.77. The second kappa shape index (κ2) is 9.17. The third-order valence-corrected chi connectivity index (χ3v) is 5.07. The Kier molecular flexibility index (Phi) is 6.85. The van der Waals surface area contributed by atoms with E-state index in [-0.39, 0.29) is 18.6 Å². The summed E-state index contributed by atoms with van der Waals surface area (Å²) in [6.07, 6.45) is -2.28. The van der Waals surface area contributed by atoms with Gasteiger partial charge in [-0.15, -0.1) is 0 Å². The van der Waals surface area contributed by atoms with Crippen LogP contribution in [0.5, 0.6) is 5.75 Å². The molecule has 1 unspecified atom stereocenters. The standard InChI is InChI=1S/C21H27F3N2O3/c1-14(2)20-10-17(25-29-20)18-5-4-8-26(18)11-15-6-7-19(27-3)16(9-15)12-28-13-21(22,23)24/h6-7,9-10,14,18H,4-5,8,11-13H2,1-3H3. The summed E-state index contributed by atoms with van der Waals surface area (Å²) in [7, 11) is 1.50. The Hall–Kier alpha value is -2.06. The van der Waals surface area contributed by atoms with Crippen LogP contribution in [0.1, 0.15) is 61.2 Å². The van der Waals surface area contributed by atoms with Gasteiger partial charge in [0, 0.05) is 24.1 Å². The molecule has 1 aliphatic rings. The zero-order valence-electron chi connectivity index (χ0n) is 17.0. The maximum atomic E-state index is 12.4. The van der Waals surface area contributed by atoms with E-state index in [1.807, 2.05) is 18.2 Å². The van der Waals surface area contributed by atoms with Crippen LogP contribution in [0.4, 0.5) is 13.2 Å². The van der Waals surface area contributed by atoms with Crippen molar-refractivity contribution in [2.45, 2.75) is 58.0 Å². The molecule has 1 aliphatic heterocycles. The molecule has 0 radical (unpaired) electrons. The average molecular weight is 412 g/mol. The second-order valence-electron chi connectivity index (χ2n) is 7.69. The summed E-state index contributed by atoms with van der Waals surface area (Å²) < 4.78 is 52.7. The van der Waals surface area contributed by atoms with Gasteiger partial charge in [-0.25, -0.2) is 0 Å². The molecule has 1 fully saturated rings. The number of aromatic nitrogens is 1. The van der Waals surface area contributed by atoms with E-state index in [1.165, 1.54) is 7.11 Å². The molecule has 2 aromatic rings. The Balaban J connectivity index is 1.70. The second-order valence-corrected chi connectivity index (χ2v) is 7.69. The number of likely N-dealkylation sites (tertiary alicyclic amines) is 1. The van der Waals surface area contributed by atoms with E-state index in [0.29, 0.717) is 17.9 Å². The fraction of sp³-hybridized carbons (Fsp3) is 0.571. The number of nitrogens with zero attached hydrogens (tertiary/aromatic N) is 2. The van der Waals surface area contributed by atoms with Gasteiger partial charge < -0.3 is 14.0 Å². The van der Waals surface area contributed by atoms with Gasteiger partial charge in [0.05, 0.1) is 19.8 Å². The highest BCUT2D eigenvalue weighted by atomic mass is 19.4. The summed E-state index contributed by atoms with van der Waals surface area (Å²) in [6, 6.07) is 7.77. The van der Waals surface area contributed by atoms with Crippen molar-refractivity contribution in [3.05, 3.63) is 46.8 Å². The number of alkyl halides is 3. The minimum Gasteiger partial charge on any atom is -0.496 e. The van der Waals surface area contributed by atoms with Crippen molar-refractivity contribution in [1.29, 1.82) is 0 Å². The number of hydrogen-bond acceptors (Lipinski definition) is 5. The number of halogens is 3. The molecular weight excluding hydrogens is 385 g/mol. The molecule has 0 saturated carbocycles. The largest absolute Gasteiger partial charge is 0.496 e. The van der Waals surface area contributed by atoms with E-state index in [9.17, 15) is 13.2 Å². The maximum Gasteiger partial charge on any atom is 0.411 e. The average Bonchev–Trinajstić information content (AvgIpc) is 3.30. The van der Waals surface area contributed by atoms with Crippen LogP contribution in [0.15, 0.2) is 28.8 Å². The van der Waals surface area contributed by atoms with Crippen LogP contribution in [-0.2, 0) is 17.9 Å². The molecule has 0 amide bonds. The minimum atomic E-state index is -4.35. The van der Waals surface area contributed by atoms with Gasteiger partial charge in [0.2, 0.25) is 0 Å². The van der Waals surface area contributed by atoms with Gasteiger partial charge in [-0.05, 0) is 37.1 Å². The van der Waals surface area contributed by atoms with E-state index in [2.05, 4.69) is 23.9 Å². The fourth-order valence-corrected chi connectivity index (χ4v) is 3.64. The number of hydrogen-bond donors (Lipinski definition) is 0. The smallest absolute Gasteiger partial charge is 0.411 e. The van der Waals surface area contributed by atoms with Gasteiger partial charge in [-0.1, -0.05) is 25.1 Å². The van der Waals surface area contributed by atoms with Gasteiger partial charge in [0.1, 0.15) is 23.8 Å². The Morgan fingerprint density at radius 1 is 1.28 bits per heavy atom. The Bertz CT molecular complexity index is 805. The molecule has 1 aromatic carbocycles. The van der Waals surface area contributed by atoms with Crippen molar-refractivity contribution in [1.82, 2.24) is 10.1 Å². The van der Waals surface area contributed by atoms with E-state index in [1.54, 1.807) is 6.07 Å². The van der Waals surface area contributed by atoms with Crippen LogP contribution in [-0.4, -0.2) is 36.5 Å². The molecule has 1 atom stereocenters. The Morgan fingerprint density at radius 2 is 2.07 bits per heavy atom. The molecule has 3 rings (SSSR count). The van der Waals surface area contributed by atoms with Crippen molar-refractivity contribution in [2.24, 2.45) is 0 Å². The molecule has 1 saturated heterocycles. The highest BCUT2D eigenvalue weighted by Gasteiger charge is 2.30. The minimum absolute atomic E-state index is 0.152. The Morgan fingerprint density at radius 3 is 2.72 bits per heavy atom. The monoisotopic (exact) mass is 412 g/mol. The molecule has 160 valence electrons. The van der Waals surface area contributed by atoms with Crippen molar-refractivity contribution in [2.75, 3.05) is 20.3 Å². The zero-order chi connectivity index (χ0) is 21.0. The maximum absolute atomic E-state index is 12.4. The zero-order valence-corrected chi connectivity index (χ0v) is 17.0. The van der Waals surface area contributed by atoms with E-state index >= 15 is 0 Å². The molecule has 5 nitrogen and oxygen atoms in total. The highest BCUT2D eigenvalue weighted by molar-refractivity contribution is 5.37. The van der Waals surface area contributed by atoms with Crippen LogP contribution in [0, 0.1) is 0 Å². The first-order valence-electron chi connectivity index (χ1n) is 9.77. The summed E-state index contributed by atoms with van der Waals surface area (Å²) in [5, 5.41) is 4.26. The lowest BCUT2D eigenvalue weighted by molar-refractivity contribution is -0.176. The molecule has 8 heteroatoms. The van der Waals surface area contributed by atoms with E-state index in [4.69, 9.17) is 14.0 Å². The number of methoxy groups -OCH3 is 1. The third-order valence-electron chi connectivity index (χ3n) is 5.07. The predicted octanol–water partition coefficient (Wildman–Crippen LogP) is 5.22. The first kappa shape index (κ1) is 21.6. The number of benzene rings is 1. The van der Waals surface area contributed by atoms with Crippen molar-refractivity contribution in [3.63, 3.8) is 0 Å². The van der Waals surface area contributed by atoms with Crippen molar-refractivity contribution < 1.29 is 27.2 Å². The number of rotatable bonds is 8. The van der Waals surface area contributed by atoms with E-state index in [0.717, 1.165) is 36.4 Å². The fourth-order valence-electron chi connectivity index (χ4n) is 3.64. The van der Waals surface area contributed by atoms with E-state index < -0.39 is 12.8 Å². The van der Waals surface area contributed by atoms with Gasteiger partial charge >= 0.3 is 6.18 Å². The quantitative estimate of drug-likeness (QED) is 0.595. The topological polar surface area (TPSA) is 47.7 Å². The molecule has 2 heterocycles. The molecule has 1 aromatic heterocycles. The molecule has 0 aliphatic carbocycles. The van der Waals surface area contributed by atoms with Crippen LogP contribution >= 0.6 is 0 Å². The van der Waals surface area contributed by atoms with Gasteiger partial charge in [0.15, 0.2) is 0 Å². The van der Waals surface area contributed by atoms with Gasteiger partial charge in [-0.3, -0.25) is 4.90 Å². The molecule has 0 spiro atoms. The summed E-state index contributed by atoms with van der Waals surface area (Å²) in [5.41, 5.74) is 2.54. The highest BCUT2D eigenvalue weighted by Crippen LogP contribution is 2.34. The molecule has 0 bridgehead atoms. The predicted molar refractivity (Wildman–Crippen MR) is 102 cm³/mol. The molecule has 29 heavy (non-hydrogen) atoms. The molecular formula is C21H27F3N2O3. The SMILES string of the molecule is COc1ccc(CN2CCCC2c2cc(C(C)C)on2)cc1COCC(F)(F)F. The van der Waals surface area contributed by atoms with Crippen LogP contribution in [0.3, 0.4) is 0 Å². The summed E-state index contributed by atoms with van der Waals surface area (Å²) in [6.45, 7) is 4.30. The first-order chi connectivity index (χ1) is 13.8. The lowest BCUT2D eigenvalue weighted by atomic mass is 10.1. The normalized spacial score (nSPS) is 18.0. The Labute approximate surface area is 168 Å². The van der Waals surface area contributed by atoms with Crippen LogP contribution < -0.4 is 4.74 Å². The van der Waals surface area contributed by atoms with Crippen molar-refractivity contribution >= 4 is 0 Å². The van der Waals surface area contributed by atoms with Gasteiger partial charge in [0.25, 0.3) is 0 Å². The third kappa shape index (κ3) is 5.73. The summed E-state index contributed by atoms with van der Waals surface area (Å²) in [5.74, 6) is 1.68. The summed E-state index contributed by atoms with van der Waals surface area (Å²) >= 11 is 0. The lowest BCUT2D eigenvalue weighted by Gasteiger charge is -2.23. The van der Waals surface area contributed by atoms with Crippen LogP contribution in [0.25, 0.3) is 0 Å². The van der Waals surface area contributed by atoms with Gasteiger partial charge in [-0.2, -0.15) is 13.2 Å². The molecule has 0 N–H and O–H groups in total. The summed E-state index contributed by atoms with van der Waals surface area (Å²) in [4.78, 5) is 2.32. The number of ether oxygens (including phenoxy) is 2.